The Kier molecular flexibility index (Phi) is 6.24. The highest BCUT2D eigenvalue weighted by Gasteiger charge is 2.35. The number of ether oxygens (including phenoxy) is 1. The van der Waals surface area contributed by atoms with Crippen molar-refractivity contribution >= 4 is 24.0 Å². The van der Waals surface area contributed by atoms with Gasteiger partial charge in [0.05, 0.1) is 6.10 Å². The SMILES string of the molecule is Cl.NC[C@H]1CC[C@@H](C(=O)N(CC2CCC2)c2ccccc2)O1. The Morgan fingerprint density at radius 3 is 2.45 bits per heavy atom. The van der Waals surface area contributed by atoms with E-state index in [9.17, 15) is 4.79 Å². The van der Waals surface area contributed by atoms with E-state index in [4.69, 9.17) is 10.5 Å². The minimum absolute atomic E-state index is 0. The van der Waals surface area contributed by atoms with Crippen molar-refractivity contribution in [2.24, 2.45) is 11.7 Å². The van der Waals surface area contributed by atoms with Crippen LogP contribution in [-0.2, 0) is 9.53 Å². The number of anilines is 1. The number of carbonyl (C=O) groups excluding carboxylic acids is 1. The molecule has 0 bridgehead atoms. The Morgan fingerprint density at radius 1 is 1.18 bits per heavy atom. The fraction of sp³-hybridized carbons (Fsp3) is 0.588. The van der Waals surface area contributed by atoms with E-state index >= 15 is 0 Å². The Hall–Kier alpha value is -1.10. The zero-order valence-corrected chi connectivity index (χ0v) is 13.6. The highest BCUT2D eigenvalue weighted by molar-refractivity contribution is 5.96. The summed E-state index contributed by atoms with van der Waals surface area (Å²) in [5, 5.41) is 0. The summed E-state index contributed by atoms with van der Waals surface area (Å²) in [5.74, 6) is 0.741. The second-order valence-electron chi connectivity index (χ2n) is 6.14. The molecule has 0 aromatic heterocycles. The van der Waals surface area contributed by atoms with E-state index in [0.717, 1.165) is 25.1 Å². The van der Waals surface area contributed by atoms with Crippen LogP contribution in [0.2, 0.25) is 0 Å². The third kappa shape index (κ3) is 3.80. The zero-order chi connectivity index (χ0) is 14.7. The first-order valence-corrected chi connectivity index (χ1v) is 8.00. The maximum atomic E-state index is 12.8. The lowest BCUT2D eigenvalue weighted by atomic mass is 9.85. The number of halogens is 1. The Balaban J connectivity index is 0.00000176. The zero-order valence-electron chi connectivity index (χ0n) is 12.8. The predicted octanol–water partition coefficient (Wildman–Crippen LogP) is 2.75. The van der Waals surface area contributed by atoms with Gasteiger partial charge < -0.3 is 15.4 Å². The average molecular weight is 325 g/mol. The lowest BCUT2D eigenvalue weighted by Gasteiger charge is -2.33. The van der Waals surface area contributed by atoms with Crippen molar-refractivity contribution in [3.63, 3.8) is 0 Å². The summed E-state index contributed by atoms with van der Waals surface area (Å²) in [6.45, 7) is 1.31. The Labute approximate surface area is 138 Å². The largest absolute Gasteiger partial charge is 0.364 e. The lowest BCUT2D eigenvalue weighted by Crippen LogP contribution is -2.43. The second-order valence-corrected chi connectivity index (χ2v) is 6.14. The molecule has 2 N–H and O–H groups in total. The van der Waals surface area contributed by atoms with E-state index < -0.39 is 0 Å². The van der Waals surface area contributed by atoms with E-state index in [1.165, 1.54) is 19.3 Å². The van der Waals surface area contributed by atoms with E-state index in [1.54, 1.807) is 0 Å². The average Bonchev–Trinajstić information content (AvgIpc) is 2.95. The van der Waals surface area contributed by atoms with Crippen LogP contribution < -0.4 is 10.6 Å². The normalized spacial score (nSPS) is 24.4. The molecule has 1 heterocycles. The summed E-state index contributed by atoms with van der Waals surface area (Å²) in [4.78, 5) is 14.8. The lowest BCUT2D eigenvalue weighted by molar-refractivity contribution is -0.129. The third-order valence-corrected chi connectivity index (χ3v) is 4.65. The summed E-state index contributed by atoms with van der Waals surface area (Å²) in [6.07, 6.45) is 5.14. The number of para-hydroxylation sites is 1. The van der Waals surface area contributed by atoms with Gasteiger partial charge in [0.1, 0.15) is 6.10 Å². The molecule has 1 aliphatic heterocycles. The summed E-state index contributed by atoms with van der Waals surface area (Å²) in [6, 6.07) is 9.95. The van der Waals surface area contributed by atoms with Crippen molar-refractivity contribution < 1.29 is 9.53 Å². The van der Waals surface area contributed by atoms with Crippen LogP contribution in [0, 0.1) is 5.92 Å². The first kappa shape index (κ1) is 17.3. The molecule has 22 heavy (non-hydrogen) atoms. The summed E-state index contributed by atoms with van der Waals surface area (Å²) in [7, 11) is 0. The van der Waals surface area contributed by atoms with Gasteiger partial charge in [-0.25, -0.2) is 0 Å². The van der Waals surface area contributed by atoms with Crippen LogP contribution in [-0.4, -0.2) is 31.2 Å². The molecule has 1 amide bonds. The second kappa shape index (κ2) is 7.95. The van der Waals surface area contributed by atoms with Crippen molar-refractivity contribution in [2.45, 2.75) is 44.3 Å². The minimum atomic E-state index is -0.321. The number of amides is 1. The maximum Gasteiger partial charge on any atom is 0.256 e. The molecule has 0 unspecified atom stereocenters. The van der Waals surface area contributed by atoms with Gasteiger partial charge in [0.25, 0.3) is 5.91 Å². The van der Waals surface area contributed by atoms with E-state index in [2.05, 4.69) is 0 Å². The van der Waals surface area contributed by atoms with Crippen molar-refractivity contribution in [3.05, 3.63) is 30.3 Å². The van der Waals surface area contributed by atoms with Gasteiger partial charge >= 0.3 is 0 Å². The summed E-state index contributed by atoms with van der Waals surface area (Å²) >= 11 is 0. The van der Waals surface area contributed by atoms with Gasteiger partial charge in [-0.2, -0.15) is 0 Å². The number of hydrogen-bond donors (Lipinski definition) is 1. The van der Waals surface area contributed by atoms with Crippen molar-refractivity contribution in [3.8, 4) is 0 Å². The van der Waals surface area contributed by atoms with Crippen LogP contribution >= 0.6 is 12.4 Å². The monoisotopic (exact) mass is 324 g/mol. The first-order chi connectivity index (χ1) is 10.3. The Morgan fingerprint density at radius 2 is 1.91 bits per heavy atom. The number of carbonyl (C=O) groups is 1. The predicted molar refractivity (Wildman–Crippen MR) is 90.3 cm³/mol. The van der Waals surface area contributed by atoms with E-state index in [1.807, 2.05) is 35.2 Å². The van der Waals surface area contributed by atoms with Crippen LogP contribution in [0.25, 0.3) is 0 Å². The molecule has 1 saturated heterocycles. The molecular weight excluding hydrogens is 300 g/mol. The first-order valence-electron chi connectivity index (χ1n) is 8.00. The highest BCUT2D eigenvalue weighted by Crippen LogP contribution is 2.30. The number of rotatable bonds is 5. The minimum Gasteiger partial charge on any atom is -0.364 e. The van der Waals surface area contributed by atoms with Crippen molar-refractivity contribution in [1.29, 1.82) is 0 Å². The molecular formula is C17H25ClN2O2. The molecule has 0 radical (unpaired) electrons. The molecule has 0 spiro atoms. The molecule has 4 nitrogen and oxygen atoms in total. The number of nitrogens with zero attached hydrogens (tertiary/aromatic N) is 1. The van der Waals surface area contributed by atoms with Crippen LogP contribution in [0.15, 0.2) is 30.3 Å². The van der Waals surface area contributed by atoms with Gasteiger partial charge in [0.2, 0.25) is 0 Å². The molecule has 1 aromatic rings. The van der Waals surface area contributed by atoms with Gasteiger partial charge in [-0.3, -0.25) is 4.79 Å². The van der Waals surface area contributed by atoms with Gasteiger partial charge in [0, 0.05) is 18.8 Å². The van der Waals surface area contributed by atoms with Gasteiger partial charge in [-0.05, 0) is 43.7 Å². The van der Waals surface area contributed by atoms with E-state index in [0.29, 0.717) is 12.5 Å². The van der Waals surface area contributed by atoms with Gasteiger partial charge in [0.15, 0.2) is 0 Å². The van der Waals surface area contributed by atoms with Gasteiger partial charge in [-0.15, -0.1) is 12.4 Å². The highest BCUT2D eigenvalue weighted by atomic mass is 35.5. The van der Waals surface area contributed by atoms with E-state index in [-0.39, 0.29) is 30.5 Å². The fourth-order valence-electron chi connectivity index (χ4n) is 3.10. The van der Waals surface area contributed by atoms with Crippen molar-refractivity contribution in [1.82, 2.24) is 0 Å². The Bertz CT molecular complexity index is 479. The molecule has 2 aliphatic rings. The van der Waals surface area contributed by atoms with Crippen LogP contribution in [0.1, 0.15) is 32.1 Å². The fourth-order valence-corrected chi connectivity index (χ4v) is 3.10. The number of nitrogens with two attached hydrogens (primary N) is 1. The van der Waals surface area contributed by atoms with Crippen LogP contribution in [0.3, 0.4) is 0 Å². The molecule has 1 aliphatic carbocycles. The summed E-state index contributed by atoms with van der Waals surface area (Å²) < 4.78 is 5.79. The maximum absolute atomic E-state index is 12.8. The number of benzene rings is 1. The standard InChI is InChI=1S/C17H24N2O2.ClH/c18-11-15-9-10-16(21-15)17(20)19(12-13-5-4-6-13)14-7-2-1-3-8-14;/h1-3,7-8,13,15-16H,4-6,9-12,18H2;1H/t15-,16+;/m1./s1. The molecule has 3 rings (SSSR count). The molecule has 122 valence electrons. The molecule has 2 fully saturated rings. The topological polar surface area (TPSA) is 55.6 Å². The van der Waals surface area contributed by atoms with Crippen molar-refractivity contribution in [2.75, 3.05) is 18.0 Å². The quantitative estimate of drug-likeness (QED) is 0.906. The van der Waals surface area contributed by atoms with Crippen LogP contribution in [0.5, 0.6) is 0 Å². The number of hydrogen-bond acceptors (Lipinski definition) is 3. The third-order valence-electron chi connectivity index (χ3n) is 4.65. The molecule has 1 aromatic carbocycles. The van der Waals surface area contributed by atoms with Gasteiger partial charge in [-0.1, -0.05) is 24.6 Å². The smallest absolute Gasteiger partial charge is 0.256 e. The summed E-state index contributed by atoms with van der Waals surface area (Å²) in [5.41, 5.74) is 6.63. The molecule has 1 saturated carbocycles. The molecule has 2 atom stereocenters. The van der Waals surface area contributed by atoms with Crippen LogP contribution in [0.4, 0.5) is 5.69 Å². The molecule has 5 heteroatoms.